The Morgan fingerprint density at radius 3 is 1.50 bits per heavy atom. The monoisotopic (exact) mass is 245 g/mol. The molecule has 1 radical (unpaired) electrons. The first-order valence-electron chi connectivity index (χ1n) is 2.32. The van der Waals surface area contributed by atoms with Crippen LogP contribution >= 0.6 is 12.6 Å². The van der Waals surface area contributed by atoms with Crippen LogP contribution in [0.1, 0.15) is 0 Å². The second-order valence-electron chi connectivity index (χ2n) is 1.58. The van der Waals surface area contributed by atoms with Crippen molar-refractivity contribution in [2.24, 2.45) is 0 Å². The minimum absolute atomic E-state index is 0. The van der Waals surface area contributed by atoms with Crippen LogP contribution in [-0.4, -0.2) is 0 Å². The van der Waals surface area contributed by atoms with Gasteiger partial charge in [0.25, 0.3) is 0 Å². The summed E-state index contributed by atoms with van der Waals surface area (Å²) < 4.78 is 24.2. The largest absolute Gasteiger partial charge is 0.269 e. The summed E-state index contributed by atoms with van der Waals surface area (Å²) in [4.78, 5) is 0.314. The highest BCUT2D eigenvalue weighted by Gasteiger charge is 1.98. The maximum Gasteiger partial charge on any atom is 0.160 e. The number of halogens is 7. The van der Waals surface area contributed by atoms with E-state index in [0.717, 1.165) is 12.1 Å². The summed E-state index contributed by atoms with van der Waals surface area (Å²) in [6.07, 6.45) is 0. The Balaban J connectivity index is -0.0000000540. The van der Waals surface area contributed by atoms with E-state index in [1.807, 2.05) is 0 Å². The van der Waals surface area contributed by atoms with E-state index < -0.39 is 11.6 Å². The molecule has 0 bridgehead atoms. The lowest BCUT2D eigenvalue weighted by Crippen LogP contribution is -1.80. The number of hydrogen-bond acceptors (Lipinski definition) is 0. The Kier molecular flexibility index (Phi) is 25.0. The molecule has 1 rings (SSSR count). The van der Waals surface area contributed by atoms with E-state index in [-0.39, 0.29) is 23.5 Å². The van der Waals surface area contributed by atoms with Crippen molar-refractivity contribution in [3.8, 4) is 0 Å². The van der Waals surface area contributed by atoms with E-state index in [1.165, 1.54) is 6.07 Å². The summed E-state index contributed by atoms with van der Waals surface area (Å²) in [5.41, 5.74) is 0. The van der Waals surface area contributed by atoms with E-state index in [4.69, 9.17) is 0 Å². The molecule has 0 amide bonds. The summed E-state index contributed by atoms with van der Waals surface area (Å²) in [5.74, 6) is -1.74. The van der Waals surface area contributed by atoms with Crippen LogP contribution in [0.15, 0.2) is 23.1 Å². The van der Waals surface area contributed by atoms with Crippen molar-refractivity contribution in [2.45, 2.75) is 4.90 Å². The van der Waals surface area contributed by atoms with E-state index in [1.54, 1.807) is 0 Å². The number of hydrogen-bond donors (Lipinski definition) is 0. The average Bonchev–Trinajstić information content (AvgIpc) is 1.80. The first kappa shape index (κ1) is 29.3. The van der Waals surface area contributed by atoms with Gasteiger partial charge in [-0.15, -0.1) is 0 Å². The van der Waals surface area contributed by atoms with Crippen molar-refractivity contribution < 1.29 is 32.3 Å². The molecule has 1 aromatic carbocycles. The van der Waals surface area contributed by atoms with E-state index >= 15 is 0 Å². The molecule has 0 heterocycles. The lowest BCUT2D eigenvalue weighted by molar-refractivity contribution is 0.506. The first-order valence-corrected chi connectivity index (χ1v) is 2.73. The van der Waals surface area contributed by atoms with Crippen molar-refractivity contribution >= 4 is 12.6 Å². The molecular formula is C6H8F7S. The molecule has 0 atom stereocenters. The summed E-state index contributed by atoms with van der Waals surface area (Å²) in [5, 5.41) is 0. The van der Waals surface area contributed by atoms with Gasteiger partial charge >= 0.3 is 0 Å². The van der Waals surface area contributed by atoms with Gasteiger partial charge < -0.3 is 0 Å². The third-order valence-corrected chi connectivity index (χ3v) is 1.14. The van der Waals surface area contributed by atoms with Gasteiger partial charge in [0.15, 0.2) is 11.6 Å². The lowest BCUT2D eigenvalue weighted by atomic mass is 10.3. The zero-order valence-corrected chi connectivity index (χ0v) is 7.25. The van der Waals surface area contributed by atoms with Crippen LogP contribution < -0.4 is 0 Å². The van der Waals surface area contributed by atoms with Crippen LogP contribution in [0.4, 0.5) is 32.3 Å². The van der Waals surface area contributed by atoms with Crippen LogP contribution in [0.5, 0.6) is 0 Å². The van der Waals surface area contributed by atoms with Gasteiger partial charge in [-0.25, -0.2) is 8.78 Å². The van der Waals surface area contributed by atoms with Crippen molar-refractivity contribution in [3.05, 3.63) is 29.8 Å². The van der Waals surface area contributed by atoms with Gasteiger partial charge in [0.2, 0.25) is 0 Å². The molecule has 0 N–H and O–H groups in total. The van der Waals surface area contributed by atoms with Crippen LogP contribution in [0.3, 0.4) is 0 Å². The second kappa shape index (κ2) is 11.9. The highest BCUT2D eigenvalue weighted by atomic mass is 32.1. The van der Waals surface area contributed by atoms with Gasteiger partial charge in [0.1, 0.15) is 0 Å². The van der Waals surface area contributed by atoms with Gasteiger partial charge in [-0.2, -0.15) is 0 Å². The smallest absolute Gasteiger partial charge is 0.160 e. The predicted molar refractivity (Wildman–Crippen MR) is 44.7 cm³/mol. The van der Waals surface area contributed by atoms with E-state index in [9.17, 15) is 8.78 Å². The zero-order chi connectivity index (χ0) is 6.85. The highest BCUT2D eigenvalue weighted by molar-refractivity contribution is 7.80. The molecule has 0 spiro atoms. The third kappa shape index (κ3) is 7.59. The molecule has 0 aliphatic rings. The summed E-state index contributed by atoms with van der Waals surface area (Å²) in [6, 6.07) is 3.33. The first-order chi connectivity index (χ1) is 4.20. The van der Waals surface area contributed by atoms with Crippen LogP contribution in [0.25, 0.3) is 0 Å². The van der Waals surface area contributed by atoms with E-state index in [0.29, 0.717) is 4.90 Å². The molecule has 0 nitrogen and oxygen atoms in total. The van der Waals surface area contributed by atoms with Gasteiger partial charge in [0, 0.05) is 4.90 Å². The van der Waals surface area contributed by atoms with Crippen molar-refractivity contribution in [2.75, 3.05) is 0 Å². The highest BCUT2D eigenvalue weighted by Crippen LogP contribution is 2.10. The fourth-order valence-corrected chi connectivity index (χ4v) is 0.648. The second-order valence-corrected chi connectivity index (χ2v) is 2.05. The Bertz CT molecular complexity index is 229. The van der Waals surface area contributed by atoms with Crippen molar-refractivity contribution in [1.82, 2.24) is 0 Å². The molecule has 14 heavy (non-hydrogen) atoms. The number of rotatable bonds is 0. The summed E-state index contributed by atoms with van der Waals surface area (Å²) in [6.45, 7) is 0. The molecule has 0 unspecified atom stereocenters. The SMILES string of the molecule is F.F.F.F.F.Fc1ccc([S])cc1F. The molecule has 0 saturated carbocycles. The third-order valence-electron chi connectivity index (χ3n) is 0.891. The normalized spacial score (nSPS) is 6.14. The molecule has 0 aliphatic heterocycles. The van der Waals surface area contributed by atoms with Crippen LogP contribution in [-0.2, 0) is 0 Å². The van der Waals surface area contributed by atoms with Crippen LogP contribution in [0, 0.1) is 11.6 Å². The predicted octanol–water partition coefficient (Wildman–Crippen LogP) is 3.28. The molecule has 1 aromatic rings. The minimum Gasteiger partial charge on any atom is -0.269 e. The molecule has 0 saturated heterocycles. The maximum atomic E-state index is 12.1. The number of benzene rings is 1. The summed E-state index contributed by atoms with van der Waals surface area (Å²) >= 11 is 4.55. The molecule has 0 fully saturated rings. The minimum atomic E-state index is -0.887. The zero-order valence-electron chi connectivity index (χ0n) is 6.44. The fraction of sp³-hybridized carbons (Fsp3) is 0. The quantitative estimate of drug-likeness (QED) is 0.615. The van der Waals surface area contributed by atoms with Crippen molar-refractivity contribution in [3.63, 3.8) is 0 Å². The van der Waals surface area contributed by atoms with Crippen molar-refractivity contribution in [1.29, 1.82) is 0 Å². The standard InChI is InChI=1S/C6H3F2S.5FH/c7-5-2-1-4(9)3-6(5)8;;;;;/h1-3H;5*1H. The summed E-state index contributed by atoms with van der Waals surface area (Å²) in [7, 11) is 0. The molecule has 8 heteroatoms. The Morgan fingerprint density at radius 2 is 1.21 bits per heavy atom. The maximum absolute atomic E-state index is 12.1. The molecule has 0 aliphatic carbocycles. The average molecular weight is 245 g/mol. The fourth-order valence-electron chi connectivity index (χ4n) is 0.477. The molecule has 87 valence electrons. The van der Waals surface area contributed by atoms with Gasteiger partial charge in [-0.05, 0) is 18.2 Å². The molecule has 0 aromatic heterocycles. The Hall–Kier alpha value is -1.05. The molecular weight excluding hydrogens is 237 g/mol. The lowest BCUT2D eigenvalue weighted by Gasteiger charge is -1.90. The van der Waals surface area contributed by atoms with Crippen LogP contribution in [0.2, 0.25) is 0 Å². The van der Waals surface area contributed by atoms with Gasteiger partial charge in [0.05, 0.1) is 0 Å². The topological polar surface area (TPSA) is 0 Å². The van der Waals surface area contributed by atoms with Gasteiger partial charge in [-0.1, -0.05) is 12.6 Å². The Labute approximate surface area is 80.6 Å². The van der Waals surface area contributed by atoms with Gasteiger partial charge in [-0.3, -0.25) is 23.5 Å². The van der Waals surface area contributed by atoms with E-state index in [2.05, 4.69) is 12.6 Å². The Morgan fingerprint density at radius 1 is 0.786 bits per heavy atom.